The molecule has 0 bridgehead atoms. The number of ether oxygens (including phenoxy) is 2. The van der Waals surface area contributed by atoms with E-state index >= 15 is 0 Å². The van der Waals surface area contributed by atoms with E-state index in [9.17, 15) is 8.78 Å². The molecule has 0 saturated carbocycles. The van der Waals surface area contributed by atoms with Crippen LogP contribution in [0.2, 0.25) is 0 Å². The summed E-state index contributed by atoms with van der Waals surface area (Å²) >= 11 is 0. The van der Waals surface area contributed by atoms with Gasteiger partial charge in [0.15, 0.2) is 11.6 Å². The Kier molecular flexibility index (Phi) is 4.90. The lowest BCUT2D eigenvalue weighted by Crippen LogP contribution is -2.27. The molecule has 1 fully saturated rings. The van der Waals surface area contributed by atoms with Gasteiger partial charge in [-0.15, -0.1) is 0 Å². The average Bonchev–Trinajstić information content (AvgIpc) is 2.87. The SMILES string of the molecule is Fc1cccc(OCCNCC2CCOC2)c1F. The second-order valence-corrected chi connectivity index (χ2v) is 4.33. The molecule has 1 unspecified atom stereocenters. The fraction of sp³-hybridized carbons (Fsp3) is 0.538. The van der Waals surface area contributed by atoms with Gasteiger partial charge in [0.2, 0.25) is 5.82 Å². The topological polar surface area (TPSA) is 30.5 Å². The van der Waals surface area contributed by atoms with Gasteiger partial charge in [-0.1, -0.05) is 6.07 Å². The van der Waals surface area contributed by atoms with Gasteiger partial charge in [0.1, 0.15) is 6.61 Å². The third-order valence-electron chi connectivity index (χ3n) is 2.91. The molecule has 1 saturated heterocycles. The summed E-state index contributed by atoms with van der Waals surface area (Å²) in [6.07, 6.45) is 1.08. The van der Waals surface area contributed by atoms with Crippen molar-refractivity contribution in [2.75, 3.05) is 32.9 Å². The van der Waals surface area contributed by atoms with Crippen LogP contribution in [0.5, 0.6) is 5.75 Å². The zero-order valence-electron chi connectivity index (χ0n) is 10.1. The quantitative estimate of drug-likeness (QED) is 0.790. The van der Waals surface area contributed by atoms with Gasteiger partial charge in [0.25, 0.3) is 0 Å². The van der Waals surface area contributed by atoms with Crippen molar-refractivity contribution in [2.24, 2.45) is 5.92 Å². The fourth-order valence-electron chi connectivity index (χ4n) is 1.88. The third-order valence-corrected chi connectivity index (χ3v) is 2.91. The van der Waals surface area contributed by atoms with Gasteiger partial charge in [-0.2, -0.15) is 4.39 Å². The van der Waals surface area contributed by atoms with Crippen molar-refractivity contribution in [3.05, 3.63) is 29.8 Å². The molecule has 1 N–H and O–H groups in total. The summed E-state index contributed by atoms with van der Waals surface area (Å²) in [5.74, 6) is -1.30. The van der Waals surface area contributed by atoms with E-state index in [4.69, 9.17) is 9.47 Å². The van der Waals surface area contributed by atoms with Gasteiger partial charge in [-0.05, 0) is 24.5 Å². The molecule has 0 radical (unpaired) electrons. The summed E-state index contributed by atoms with van der Waals surface area (Å²) < 4.78 is 36.5. The van der Waals surface area contributed by atoms with Gasteiger partial charge in [-0.25, -0.2) is 4.39 Å². The van der Waals surface area contributed by atoms with Crippen LogP contribution in [0.25, 0.3) is 0 Å². The first kappa shape index (κ1) is 13.2. The van der Waals surface area contributed by atoms with E-state index in [1.54, 1.807) is 0 Å². The van der Waals surface area contributed by atoms with E-state index in [0.29, 0.717) is 19.1 Å². The van der Waals surface area contributed by atoms with Crippen molar-refractivity contribution in [2.45, 2.75) is 6.42 Å². The summed E-state index contributed by atoms with van der Waals surface area (Å²) in [7, 11) is 0. The maximum atomic E-state index is 13.2. The lowest BCUT2D eigenvalue weighted by atomic mass is 10.1. The number of hydrogen-bond donors (Lipinski definition) is 1. The lowest BCUT2D eigenvalue weighted by molar-refractivity contribution is 0.184. The summed E-state index contributed by atoms with van der Waals surface area (Å²) in [6, 6.07) is 3.92. The van der Waals surface area contributed by atoms with Crippen molar-refractivity contribution in [3.8, 4) is 5.75 Å². The van der Waals surface area contributed by atoms with Crippen LogP contribution in [0.4, 0.5) is 8.78 Å². The second kappa shape index (κ2) is 6.66. The van der Waals surface area contributed by atoms with E-state index in [1.807, 2.05) is 0 Å². The highest BCUT2D eigenvalue weighted by Crippen LogP contribution is 2.18. The van der Waals surface area contributed by atoms with Gasteiger partial charge in [0, 0.05) is 19.7 Å². The maximum Gasteiger partial charge on any atom is 0.200 e. The van der Waals surface area contributed by atoms with Crippen LogP contribution >= 0.6 is 0 Å². The summed E-state index contributed by atoms with van der Waals surface area (Å²) in [5.41, 5.74) is 0. The Bertz CT molecular complexity index is 381. The van der Waals surface area contributed by atoms with Crippen molar-refractivity contribution >= 4 is 0 Å². The Labute approximate surface area is 105 Å². The molecule has 1 aliphatic rings. The molecule has 0 aromatic heterocycles. The zero-order chi connectivity index (χ0) is 12.8. The molecule has 1 aromatic rings. The largest absolute Gasteiger partial charge is 0.489 e. The minimum absolute atomic E-state index is 0.0407. The van der Waals surface area contributed by atoms with Crippen LogP contribution in [-0.2, 0) is 4.74 Å². The van der Waals surface area contributed by atoms with Crippen LogP contribution in [0.3, 0.4) is 0 Å². The van der Waals surface area contributed by atoms with E-state index in [-0.39, 0.29) is 5.75 Å². The molecule has 1 aromatic carbocycles. The average molecular weight is 257 g/mol. The Balaban J connectivity index is 1.64. The van der Waals surface area contributed by atoms with Crippen molar-refractivity contribution in [1.82, 2.24) is 5.32 Å². The molecule has 100 valence electrons. The van der Waals surface area contributed by atoms with Gasteiger partial charge in [-0.3, -0.25) is 0 Å². The van der Waals surface area contributed by atoms with E-state index in [0.717, 1.165) is 32.2 Å². The molecule has 0 amide bonds. The molecule has 18 heavy (non-hydrogen) atoms. The van der Waals surface area contributed by atoms with E-state index in [2.05, 4.69) is 5.32 Å². The van der Waals surface area contributed by atoms with Gasteiger partial charge in [0.05, 0.1) is 6.61 Å². The minimum atomic E-state index is -0.929. The summed E-state index contributed by atoms with van der Waals surface area (Å²) in [6.45, 7) is 3.42. The smallest absolute Gasteiger partial charge is 0.200 e. The van der Waals surface area contributed by atoms with Crippen molar-refractivity contribution in [3.63, 3.8) is 0 Å². The second-order valence-electron chi connectivity index (χ2n) is 4.33. The molecule has 1 heterocycles. The molecule has 1 aliphatic heterocycles. The normalized spacial score (nSPS) is 19.1. The Morgan fingerprint density at radius 3 is 3.06 bits per heavy atom. The molecule has 1 atom stereocenters. The zero-order valence-corrected chi connectivity index (χ0v) is 10.1. The number of nitrogens with one attached hydrogen (secondary N) is 1. The van der Waals surface area contributed by atoms with E-state index in [1.165, 1.54) is 12.1 Å². The van der Waals surface area contributed by atoms with Gasteiger partial charge < -0.3 is 14.8 Å². The lowest BCUT2D eigenvalue weighted by Gasteiger charge is -2.10. The third kappa shape index (κ3) is 3.65. The highest BCUT2D eigenvalue weighted by Gasteiger charge is 2.14. The van der Waals surface area contributed by atoms with Crippen LogP contribution in [-0.4, -0.2) is 32.9 Å². The van der Waals surface area contributed by atoms with Crippen LogP contribution < -0.4 is 10.1 Å². The van der Waals surface area contributed by atoms with Crippen LogP contribution in [0, 0.1) is 17.6 Å². The Morgan fingerprint density at radius 1 is 1.39 bits per heavy atom. The molecular weight excluding hydrogens is 240 g/mol. The predicted molar refractivity (Wildman–Crippen MR) is 63.6 cm³/mol. The number of hydrogen-bond acceptors (Lipinski definition) is 3. The molecule has 0 aliphatic carbocycles. The fourth-order valence-corrected chi connectivity index (χ4v) is 1.88. The number of benzene rings is 1. The first-order chi connectivity index (χ1) is 8.77. The monoisotopic (exact) mass is 257 g/mol. The van der Waals surface area contributed by atoms with E-state index < -0.39 is 11.6 Å². The Morgan fingerprint density at radius 2 is 2.28 bits per heavy atom. The number of rotatable bonds is 6. The highest BCUT2D eigenvalue weighted by atomic mass is 19.2. The molecular formula is C13H17F2NO2. The maximum absolute atomic E-state index is 13.2. The van der Waals surface area contributed by atoms with Crippen LogP contribution in [0.1, 0.15) is 6.42 Å². The minimum Gasteiger partial charge on any atom is -0.489 e. The van der Waals surface area contributed by atoms with Crippen molar-refractivity contribution in [1.29, 1.82) is 0 Å². The highest BCUT2D eigenvalue weighted by molar-refractivity contribution is 5.24. The van der Waals surface area contributed by atoms with Crippen LogP contribution in [0.15, 0.2) is 18.2 Å². The van der Waals surface area contributed by atoms with Gasteiger partial charge >= 0.3 is 0 Å². The first-order valence-corrected chi connectivity index (χ1v) is 6.12. The molecule has 2 rings (SSSR count). The molecule has 5 heteroatoms. The first-order valence-electron chi connectivity index (χ1n) is 6.12. The summed E-state index contributed by atoms with van der Waals surface area (Å²) in [5, 5.41) is 3.21. The Hall–Kier alpha value is -1.20. The van der Waals surface area contributed by atoms with Crippen molar-refractivity contribution < 1.29 is 18.3 Å². The molecule has 0 spiro atoms. The number of halogens is 2. The molecule has 3 nitrogen and oxygen atoms in total. The standard InChI is InChI=1S/C13H17F2NO2/c14-11-2-1-3-12(13(11)15)18-7-5-16-8-10-4-6-17-9-10/h1-3,10,16H,4-9H2. The predicted octanol–water partition coefficient (Wildman–Crippen LogP) is 1.97. The summed E-state index contributed by atoms with van der Waals surface area (Å²) in [4.78, 5) is 0.